The molecule has 0 fully saturated rings. The number of rotatable bonds is 5. The number of halogens is 5. The third-order valence-corrected chi connectivity index (χ3v) is 5.53. The highest BCUT2D eigenvalue weighted by molar-refractivity contribution is 7.92. The third kappa shape index (κ3) is 4.71. The van der Waals surface area contributed by atoms with E-state index in [0.29, 0.717) is 12.1 Å². The van der Waals surface area contributed by atoms with E-state index < -0.39 is 44.9 Å². The Kier molecular flexibility index (Phi) is 5.99. The summed E-state index contributed by atoms with van der Waals surface area (Å²) in [5.74, 6) is -5.50. The summed E-state index contributed by atoms with van der Waals surface area (Å²) in [6.07, 6.45) is 0. The Morgan fingerprint density at radius 3 is 2.07 bits per heavy atom. The fourth-order valence-corrected chi connectivity index (χ4v) is 3.69. The monoisotopic (exact) mass is 458 g/mol. The number of amides is 1. The van der Waals surface area contributed by atoms with Crippen LogP contribution in [0.1, 0.15) is 10.4 Å². The van der Waals surface area contributed by atoms with Gasteiger partial charge in [0.2, 0.25) is 0 Å². The lowest BCUT2D eigenvalue weighted by atomic mass is 10.2. The fraction of sp³-hybridized carbons (Fsp3) is 0. The summed E-state index contributed by atoms with van der Waals surface area (Å²) >= 11 is 5.59. The molecule has 30 heavy (non-hydrogen) atoms. The highest BCUT2D eigenvalue weighted by atomic mass is 35.5. The van der Waals surface area contributed by atoms with Gasteiger partial charge in [-0.2, -0.15) is 0 Å². The molecule has 0 aliphatic rings. The van der Waals surface area contributed by atoms with Gasteiger partial charge in [-0.1, -0.05) is 11.6 Å². The predicted octanol–water partition coefficient (Wildman–Crippen LogP) is 4.95. The van der Waals surface area contributed by atoms with Gasteiger partial charge in [0, 0.05) is 23.4 Å². The molecule has 3 rings (SSSR count). The molecule has 0 aliphatic carbocycles. The van der Waals surface area contributed by atoms with Crippen molar-refractivity contribution < 1.29 is 30.8 Å². The molecule has 0 saturated heterocycles. The minimum Gasteiger partial charge on any atom is -0.319 e. The number of sulfonamides is 1. The van der Waals surface area contributed by atoms with Gasteiger partial charge in [0.25, 0.3) is 15.9 Å². The molecule has 0 bridgehead atoms. The lowest BCUT2D eigenvalue weighted by Crippen LogP contribution is -2.15. The Morgan fingerprint density at radius 1 is 0.800 bits per heavy atom. The Bertz CT molecular complexity index is 1240. The van der Waals surface area contributed by atoms with Gasteiger partial charge in [-0.05, 0) is 42.5 Å². The van der Waals surface area contributed by atoms with Crippen LogP contribution in [0.5, 0.6) is 0 Å². The summed E-state index contributed by atoms with van der Waals surface area (Å²) < 4.78 is 79.9. The molecule has 0 atom stereocenters. The quantitative estimate of drug-likeness (QED) is 0.419. The van der Waals surface area contributed by atoms with Crippen molar-refractivity contribution in [2.24, 2.45) is 0 Å². The number of carbonyl (C=O) groups excluding carboxylic acids is 1. The van der Waals surface area contributed by atoms with Gasteiger partial charge < -0.3 is 5.32 Å². The Balaban J connectivity index is 1.75. The molecule has 0 aromatic heterocycles. The van der Waals surface area contributed by atoms with E-state index in [-0.39, 0.29) is 21.2 Å². The van der Waals surface area contributed by atoms with Crippen LogP contribution in [0.25, 0.3) is 0 Å². The number of nitrogens with one attached hydrogen (secondary N) is 2. The lowest BCUT2D eigenvalue weighted by molar-refractivity contribution is 0.102. The smallest absolute Gasteiger partial charge is 0.261 e. The summed E-state index contributed by atoms with van der Waals surface area (Å²) in [4.78, 5) is 11.9. The standard InChI is InChI=1S/C19H11ClF4N2O3S/c20-13-7-12(5-6-14(13)21)30(28,29)26-11-3-1-10(2-4-11)19(27)25-18-9-16(23)15(22)8-17(18)24/h1-9,26H,(H,25,27). The molecule has 3 aromatic rings. The van der Waals surface area contributed by atoms with Crippen LogP contribution >= 0.6 is 11.6 Å². The first-order valence-corrected chi connectivity index (χ1v) is 9.97. The molecule has 1 amide bonds. The number of hydrogen-bond acceptors (Lipinski definition) is 3. The number of carbonyl (C=O) groups is 1. The Hall–Kier alpha value is -3.11. The molecular weight excluding hydrogens is 448 g/mol. The molecule has 2 N–H and O–H groups in total. The zero-order valence-electron chi connectivity index (χ0n) is 14.7. The molecule has 0 aliphatic heterocycles. The first-order chi connectivity index (χ1) is 14.1. The fourth-order valence-electron chi connectivity index (χ4n) is 2.36. The molecule has 0 saturated carbocycles. The molecular formula is C19H11ClF4N2O3S. The zero-order valence-corrected chi connectivity index (χ0v) is 16.3. The van der Waals surface area contributed by atoms with Crippen molar-refractivity contribution in [3.05, 3.63) is 88.5 Å². The van der Waals surface area contributed by atoms with Gasteiger partial charge in [0.1, 0.15) is 11.6 Å². The van der Waals surface area contributed by atoms with Crippen molar-refractivity contribution in [3.63, 3.8) is 0 Å². The summed E-state index contributed by atoms with van der Waals surface area (Å²) in [5, 5.41) is 1.72. The first-order valence-electron chi connectivity index (χ1n) is 8.10. The van der Waals surface area contributed by atoms with Crippen LogP contribution in [0, 0.1) is 23.3 Å². The zero-order chi connectivity index (χ0) is 22.1. The molecule has 3 aromatic carbocycles. The van der Waals surface area contributed by atoms with E-state index >= 15 is 0 Å². The summed E-state index contributed by atoms with van der Waals surface area (Å²) in [5.41, 5.74) is -0.491. The molecule has 0 unspecified atom stereocenters. The van der Waals surface area contributed by atoms with E-state index in [2.05, 4.69) is 10.0 Å². The van der Waals surface area contributed by atoms with Gasteiger partial charge in [0.15, 0.2) is 11.6 Å². The molecule has 0 heterocycles. The second kappa shape index (κ2) is 8.33. The van der Waals surface area contributed by atoms with E-state index in [1.165, 1.54) is 24.3 Å². The van der Waals surface area contributed by atoms with Crippen LogP contribution in [-0.4, -0.2) is 14.3 Å². The van der Waals surface area contributed by atoms with E-state index in [0.717, 1.165) is 18.2 Å². The highest BCUT2D eigenvalue weighted by Crippen LogP contribution is 2.23. The van der Waals surface area contributed by atoms with Gasteiger partial charge in [0.05, 0.1) is 15.6 Å². The Morgan fingerprint density at radius 2 is 1.43 bits per heavy atom. The number of benzene rings is 3. The van der Waals surface area contributed by atoms with Crippen LogP contribution in [-0.2, 0) is 10.0 Å². The lowest BCUT2D eigenvalue weighted by Gasteiger charge is -2.10. The van der Waals surface area contributed by atoms with Crippen LogP contribution in [0.3, 0.4) is 0 Å². The topological polar surface area (TPSA) is 75.3 Å². The first kappa shape index (κ1) is 21.6. The van der Waals surface area contributed by atoms with Crippen LogP contribution < -0.4 is 10.0 Å². The minimum atomic E-state index is -4.08. The van der Waals surface area contributed by atoms with Gasteiger partial charge in [-0.25, -0.2) is 26.0 Å². The molecule has 0 spiro atoms. The largest absolute Gasteiger partial charge is 0.319 e. The average molecular weight is 459 g/mol. The maximum atomic E-state index is 13.6. The SMILES string of the molecule is O=C(Nc1cc(F)c(F)cc1F)c1ccc(NS(=O)(=O)c2ccc(F)c(Cl)c2)cc1. The highest BCUT2D eigenvalue weighted by Gasteiger charge is 2.17. The van der Waals surface area contributed by atoms with Crippen molar-refractivity contribution in [1.82, 2.24) is 0 Å². The molecule has 0 radical (unpaired) electrons. The van der Waals surface area contributed by atoms with Crippen molar-refractivity contribution in [1.29, 1.82) is 0 Å². The van der Waals surface area contributed by atoms with E-state index in [4.69, 9.17) is 11.6 Å². The van der Waals surface area contributed by atoms with Gasteiger partial charge >= 0.3 is 0 Å². The van der Waals surface area contributed by atoms with E-state index in [1.54, 1.807) is 0 Å². The summed E-state index contributed by atoms with van der Waals surface area (Å²) in [6.45, 7) is 0. The second-order valence-corrected chi connectivity index (χ2v) is 8.05. The van der Waals surface area contributed by atoms with Crippen molar-refractivity contribution in [2.75, 3.05) is 10.0 Å². The summed E-state index contributed by atoms with van der Waals surface area (Å²) in [7, 11) is -4.08. The van der Waals surface area contributed by atoms with Crippen molar-refractivity contribution in [3.8, 4) is 0 Å². The van der Waals surface area contributed by atoms with E-state index in [1.807, 2.05) is 0 Å². The maximum absolute atomic E-state index is 13.6. The molecule has 5 nitrogen and oxygen atoms in total. The van der Waals surface area contributed by atoms with Crippen LogP contribution in [0.4, 0.5) is 28.9 Å². The molecule has 156 valence electrons. The third-order valence-electron chi connectivity index (χ3n) is 3.86. The van der Waals surface area contributed by atoms with Crippen LogP contribution in [0.15, 0.2) is 59.5 Å². The van der Waals surface area contributed by atoms with Crippen molar-refractivity contribution >= 4 is 38.9 Å². The Labute approximate surface area is 173 Å². The van der Waals surface area contributed by atoms with Gasteiger partial charge in [-0.3, -0.25) is 9.52 Å². The normalized spacial score (nSPS) is 11.2. The van der Waals surface area contributed by atoms with Gasteiger partial charge in [-0.15, -0.1) is 0 Å². The van der Waals surface area contributed by atoms with Crippen molar-refractivity contribution in [2.45, 2.75) is 4.90 Å². The predicted molar refractivity (Wildman–Crippen MR) is 103 cm³/mol. The summed E-state index contributed by atoms with van der Waals surface area (Å²) in [6, 6.07) is 8.62. The van der Waals surface area contributed by atoms with E-state index in [9.17, 15) is 30.8 Å². The average Bonchev–Trinajstić information content (AvgIpc) is 2.68. The second-order valence-electron chi connectivity index (χ2n) is 5.96. The maximum Gasteiger partial charge on any atom is 0.261 e. The minimum absolute atomic E-state index is 0.00749. The molecule has 11 heteroatoms. The number of hydrogen-bond donors (Lipinski definition) is 2. The van der Waals surface area contributed by atoms with Crippen LogP contribution in [0.2, 0.25) is 5.02 Å². The number of anilines is 2.